The quantitative estimate of drug-likeness (QED) is 0.571. The lowest BCUT2D eigenvalue weighted by molar-refractivity contribution is 0.218. The third-order valence-electron chi connectivity index (χ3n) is 2.26. The molecule has 0 aromatic rings. The lowest BCUT2D eigenvalue weighted by atomic mass is 10.1. The largest absolute Gasteiger partial charge is 0.384 e. The van der Waals surface area contributed by atoms with E-state index in [4.69, 9.17) is 4.74 Å². The van der Waals surface area contributed by atoms with Gasteiger partial charge < -0.3 is 10.1 Å². The molecule has 0 saturated heterocycles. The van der Waals surface area contributed by atoms with Crippen LogP contribution >= 0.6 is 11.8 Å². The highest BCUT2D eigenvalue weighted by molar-refractivity contribution is 7.99. The lowest BCUT2D eigenvalue weighted by Crippen LogP contribution is -2.28. The zero-order valence-corrected chi connectivity index (χ0v) is 10.7. The van der Waals surface area contributed by atoms with E-state index in [0.29, 0.717) is 0 Å². The third kappa shape index (κ3) is 8.85. The van der Waals surface area contributed by atoms with Gasteiger partial charge in [0.1, 0.15) is 0 Å². The summed E-state index contributed by atoms with van der Waals surface area (Å²) in [6.07, 6.45) is 3.88. The van der Waals surface area contributed by atoms with Gasteiger partial charge in [0.25, 0.3) is 0 Å². The number of rotatable bonds is 10. The number of hydrogen-bond acceptors (Lipinski definition) is 3. The van der Waals surface area contributed by atoms with Crippen molar-refractivity contribution in [2.75, 3.05) is 31.8 Å². The van der Waals surface area contributed by atoms with Crippen LogP contribution in [0.5, 0.6) is 0 Å². The molecule has 1 atom stereocenters. The third-order valence-corrected chi connectivity index (χ3v) is 3.29. The van der Waals surface area contributed by atoms with Gasteiger partial charge in [-0.25, -0.2) is 0 Å². The Hall–Kier alpha value is 0.270. The van der Waals surface area contributed by atoms with Gasteiger partial charge in [-0.05, 0) is 31.6 Å². The first-order chi connectivity index (χ1) is 6.85. The molecular weight excluding hydrogens is 194 g/mol. The van der Waals surface area contributed by atoms with E-state index in [0.717, 1.165) is 24.9 Å². The summed E-state index contributed by atoms with van der Waals surface area (Å²) < 4.78 is 5.00. The molecular formula is C11H25NOS. The predicted molar refractivity (Wildman–Crippen MR) is 66.2 cm³/mol. The molecule has 0 spiro atoms. The van der Waals surface area contributed by atoms with E-state index < -0.39 is 0 Å². The average Bonchev–Trinajstić information content (AvgIpc) is 2.21. The molecule has 2 nitrogen and oxygen atoms in total. The summed E-state index contributed by atoms with van der Waals surface area (Å²) in [5, 5.41) is 3.50. The minimum Gasteiger partial charge on any atom is -0.384 e. The SMILES string of the molecule is CCNC(CC)CCCSCCOC. The first-order valence-electron chi connectivity index (χ1n) is 5.65. The van der Waals surface area contributed by atoms with Crippen molar-refractivity contribution in [3.63, 3.8) is 0 Å². The standard InChI is InChI=1S/C11H25NOS/c1-4-11(12-5-2)7-6-9-14-10-8-13-3/h11-12H,4-10H2,1-3H3. The molecule has 0 amide bonds. The number of ether oxygens (including phenoxy) is 1. The van der Waals surface area contributed by atoms with Crippen LogP contribution < -0.4 is 5.32 Å². The van der Waals surface area contributed by atoms with Crippen molar-refractivity contribution in [3.05, 3.63) is 0 Å². The normalized spacial score (nSPS) is 13.1. The van der Waals surface area contributed by atoms with Gasteiger partial charge >= 0.3 is 0 Å². The van der Waals surface area contributed by atoms with Crippen LogP contribution in [0.15, 0.2) is 0 Å². The second-order valence-corrected chi connectivity index (χ2v) is 4.63. The average molecular weight is 219 g/mol. The summed E-state index contributed by atoms with van der Waals surface area (Å²) in [5.74, 6) is 2.40. The maximum Gasteiger partial charge on any atom is 0.0552 e. The summed E-state index contributed by atoms with van der Waals surface area (Å²) in [4.78, 5) is 0. The van der Waals surface area contributed by atoms with Crippen LogP contribution in [0.3, 0.4) is 0 Å². The van der Waals surface area contributed by atoms with Gasteiger partial charge in [-0.1, -0.05) is 13.8 Å². The van der Waals surface area contributed by atoms with Crippen molar-refractivity contribution in [2.24, 2.45) is 0 Å². The fourth-order valence-electron chi connectivity index (χ4n) is 1.42. The Labute approximate surface area is 93.2 Å². The minimum absolute atomic E-state index is 0.725. The second-order valence-electron chi connectivity index (χ2n) is 3.41. The summed E-state index contributed by atoms with van der Waals surface area (Å²) >= 11 is 2.00. The first-order valence-corrected chi connectivity index (χ1v) is 6.80. The number of methoxy groups -OCH3 is 1. The maximum atomic E-state index is 5.00. The smallest absolute Gasteiger partial charge is 0.0552 e. The Balaban J connectivity index is 3.15. The van der Waals surface area contributed by atoms with Crippen LogP contribution in [0.25, 0.3) is 0 Å². The van der Waals surface area contributed by atoms with Crippen molar-refractivity contribution in [1.82, 2.24) is 5.32 Å². The molecule has 0 saturated carbocycles. The topological polar surface area (TPSA) is 21.3 Å². The fraction of sp³-hybridized carbons (Fsp3) is 1.00. The van der Waals surface area contributed by atoms with Crippen LogP contribution in [0.1, 0.15) is 33.1 Å². The van der Waals surface area contributed by atoms with E-state index in [1.807, 2.05) is 11.8 Å². The van der Waals surface area contributed by atoms with Gasteiger partial charge in [0, 0.05) is 18.9 Å². The first kappa shape index (κ1) is 14.3. The highest BCUT2D eigenvalue weighted by Gasteiger charge is 2.02. The Morgan fingerprint density at radius 1 is 1.29 bits per heavy atom. The molecule has 1 N–H and O–H groups in total. The predicted octanol–water partition coefficient (Wildman–Crippen LogP) is 2.53. The van der Waals surface area contributed by atoms with Crippen molar-refractivity contribution >= 4 is 11.8 Å². The van der Waals surface area contributed by atoms with Crippen LogP contribution in [-0.4, -0.2) is 37.8 Å². The molecule has 0 aliphatic rings. The van der Waals surface area contributed by atoms with Gasteiger partial charge in [0.05, 0.1) is 6.61 Å². The summed E-state index contributed by atoms with van der Waals surface area (Å²) in [7, 11) is 1.76. The van der Waals surface area contributed by atoms with Gasteiger partial charge in [-0.2, -0.15) is 11.8 Å². The molecule has 0 aromatic carbocycles. The van der Waals surface area contributed by atoms with Crippen LogP contribution in [-0.2, 0) is 4.74 Å². The van der Waals surface area contributed by atoms with Crippen molar-refractivity contribution in [3.8, 4) is 0 Å². The molecule has 0 aliphatic carbocycles. The van der Waals surface area contributed by atoms with E-state index in [2.05, 4.69) is 19.2 Å². The Kier molecular flexibility index (Phi) is 11.6. The zero-order valence-electron chi connectivity index (χ0n) is 9.84. The van der Waals surface area contributed by atoms with Crippen LogP contribution in [0.4, 0.5) is 0 Å². The van der Waals surface area contributed by atoms with Gasteiger partial charge in [-0.15, -0.1) is 0 Å². The molecule has 0 aliphatic heterocycles. The van der Waals surface area contributed by atoms with Gasteiger partial charge in [0.2, 0.25) is 0 Å². The molecule has 0 radical (unpaired) electrons. The summed E-state index contributed by atoms with van der Waals surface area (Å²) in [5.41, 5.74) is 0. The Morgan fingerprint density at radius 2 is 2.07 bits per heavy atom. The fourth-order valence-corrected chi connectivity index (χ4v) is 2.27. The molecule has 14 heavy (non-hydrogen) atoms. The summed E-state index contributed by atoms with van der Waals surface area (Å²) in [6.45, 7) is 6.41. The lowest BCUT2D eigenvalue weighted by Gasteiger charge is -2.14. The van der Waals surface area contributed by atoms with Crippen molar-refractivity contribution in [1.29, 1.82) is 0 Å². The van der Waals surface area contributed by atoms with E-state index in [9.17, 15) is 0 Å². The van der Waals surface area contributed by atoms with E-state index >= 15 is 0 Å². The Bertz CT molecular complexity index is 111. The minimum atomic E-state index is 0.725. The second kappa shape index (κ2) is 11.3. The number of thioether (sulfide) groups is 1. The van der Waals surface area contributed by atoms with Crippen LogP contribution in [0.2, 0.25) is 0 Å². The van der Waals surface area contributed by atoms with Gasteiger partial charge in [0.15, 0.2) is 0 Å². The number of nitrogens with one attached hydrogen (secondary N) is 1. The monoisotopic (exact) mass is 219 g/mol. The maximum absolute atomic E-state index is 5.00. The van der Waals surface area contributed by atoms with Crippen LogP contribution in [0, 0.1) is 0 Å². The molecule has 0 heterocycles. The highest BCUT2D eigenvalue weighted by atomic mass is 32.2. The molecule has 0 bridgehead atoms. The number of hydrogen-bond donors (Lipinski definition) is 1. The highest BCUT2D eigenvalue weighted by Crippen LogP contribution is 2.08. The van der Waals surface area contributed by atoms with Gasteiger partial charge in [-0.3, -0.25) is 0 Å². The van der Waals surface area contributed by atoms with Crippen molar-refractivity contribution < 1.29 is 4.74 Å². The molecule has 0 rings (SSSR count). The van der Waals surface area contributed by atoms with E-state index in [-0.39, 0.29) is 0 Å². The summed E-state index contributed by atoms with van der Waals surface area (Å²) in [6, 6.07) is 0.725. The Morgan fingerprint density at radius 3 is 2.64 bits per heavy atom. The molecule has 0 aromatic heterocycles. The van der Waals surface area contributed by atoms with Crippen molar-refractivity contribution in [2.45, 2.75) is 39.2 Å². The zero-order chi connectivity index (χ0) is 10.6. The van der Waals surface area contributed by atoms with E-state index in [1.165, 1.54) is 25.0 Å². The molecule has 1 unspecified atom stereocenters. The van der Waals surface area contributed by atoms with E-state index in [1.54, 1.807) is 7.11 Å². The molecule has 86 valence electrons. The molecule has 3 heteroatoms. The molecule has 0 fully saturated rings.